The molecule has 0 saturated carbocycles. The highest BCUT2D eigenvalue weighted by Crippen LogP contribution is 1.94. The standard InChI is InChI=1S/C10H19NO3/c1-9(12)5-3-7-14-8-4-6-10(13)11-2/h3-8H2,1-2H3,(H,11,13). The lowest BCUT2D eigenvalue weighted by molar-refractivity contribution is -0.121. The van der Waals surface area contributed by atoms with E-state index in [1.54, 1.807) is 14.0 Å². The third-order valence-corrected chi connectivity index (χ3v) is 1.79. The molecule has 0 aliphatic carbocycles. The van der Waals surface area contributed by atoms with Crippen LogP contribution < -0.4 is 5.32 Å². The lowest BCUT2D eigenvalue weighted by Gasteiger charge is -2.02. The normalized spacial score (nSPS) is 9.86. The predicted octanol–water partition coefficient (Wildman–Crippen LogP) is 0.898. The Bertz CT molecular complexity index is 180. The fraction of sp³-hybridized carbons (Fsp3) is 0.800. The van der Waals surface area contributed by atoms with E-state index in [0.717, 1.165) is 12.8 Å². The number of rotatable bonds is 8. The number of carbonyl (C=O) groups is 2. The van der Waals surface area contributed by atoms with Crippen molar-refractivity contribution in [3.63, 3.8) is 0 Å². The van der Waals surface area contributed by atoms with E-state index in [-0.39, 0.29) is 11.7 Å². The van der Waals surface area contributed by atoms with E-state index in [0.29, 0.717) is 26.1 Å². The van der Waals surface area contributed by atoms with Crippen molar-refractivity contribution in [2.75, 3.05) is 20.3 Å². The number of carbonyl (C=O) groups excluding carboxylic acids is 2. The zero-order valence-corrected chi connectivity index (χ0v) is 8.97. The van der Waals surface area contributed by atoms with Crippen molar-refractivity contribution in [1.82, 2.24) is 5.32 Å². The Morgan fingerprint density at radius 3 is 2.21 bits per heavy atom. The lowest BCUT2D eigenvalue weighted by atomic mass is 10.2. The summed E-state index contributed by atoms with van der Waals surface area (Å²) in [7, 11) is 1.62. The molecule has 0 aromatic rings. The monoisotopic (exact) mass is 201 g/mol. The Balaban J connectivity index is 3.06. The maximum absolute atomic E-state index is 10.8. The molecule has 4 heteroatoms. The minimum Gasteiger partial charge on any atom is -0.381 e. The molecule has 1 amide bonds. The second-order valence-corrected chi connectivity index (χ2v) is 3.19. The third-order valence-electron chi connectivity index (χ3n) is 1.79. The van der Waals surface area contributed by atoms with Crippen LogP contribution in [-0.2, 0) is 14.3 Å². The summed E-state index contributed by atoms with van der Waals surface area (Å²) in [4.78, 5) is 21.3. The molecular formula is C10H19NO3. The summed E-state index contributed by atoms with van der Waals surface area (Å²) in [5.41, 5.74) is 0. The number of Topliss-reactive ketones (excluding diaryl/α,β-unsaturated/α-hetero) is 1. The maximum atomic E-state index is 10.8. The number of nitrogens with one attached hydrogen (secondary N) is 1. The summed E-state index contributed by atoms with van der Waals surface area (Å²) < 4.78 is 5.25. The average Bonchev–Trinajstić information content (AvgIpc) is 2.15. The summed E-state index contributed by atoms with van der Waals surface area (Å²) >= 11 is 0. The van der Waals surface area contributed by atoms with E-state index in [2.05, 4.69) is 5.32 Å². The molecule has 0 aromatic heterocycles. The fourth-order valence-electron chi connectivity index (χ4n) is 0.985. The molecule has 14 heavy (non-hydrogen) atoms. The van der Waals surface area contributed by atoms with Gasteiger partial charge in [0.05, 0.1) is 0 Å². The molecule has 82 valence electrons. The van der Waals surface area contributed by atoms with Gasteiger partial charge in [0.2, 0.25) is 5.91 Å². The Hall–Kier alpha value is -0.900. The smallest absolute Gasteiger partial charge is 0.219 e. The SMILES string of the molecule is CNC(=O)CCCOCCCC(C)=O. The van der Waals surface area contributed by atoms with Crippen molar-refractivity contribution in [1.29, 1.82) is 0 Å². The predicted molar refractivity (Wildman–Crippen MR) is 54.0 cm³/mol. The van der Waals surface area contributed by atoms with Crippen molar-refractivity contribution < 1.29 is 14.3 Å². The minimum atomic E-state index is 0.0392. The van der Waals surface area contributed by atoms with Gasteiger partial charge in [0.1, 0.15) is 5.78 Å². The van der Waals surface area contributed by atoms with Crippen LogP contribution in [0.2, 0.25) is 0 Å². The number of hydrogen-bond donors (Lipinski definition) is 1. The van der Waals surface area contributed by atoms with Crippen molar-refractivity contribution in [3.05, 3.63) is 0 Å². The van der Waals surface area contributed by atoms with Gasteiger partial charge >= 0.3 is 0 Å². The van der Waals surface area contributed by atoms with Crippen LogP contribution in [0.4, 0.5) is 0 Å². The molecule has 0 saturated heterocycles. The van der Waals surface area contributed by atoms with Gasteiger partial charge in [0, 0.05) is 33.1 Å². The zero-order valence-electron chi connectivity index (χ0n) is 8.97. The van der Waals surface area contributed by atoms with Crippen LogP contribution in [0.15, 0.2) is 0 Å². The average molecular weight is 201 g/mol. The molecule has 0 spiro atoms. The van der Waals surface area contributed by atoms with Gasteiger partial charge in [-0.3, -0.25) is 4.79 Å². The van der Waals surface area contributed by atoms with Gasteiger partial charge in [-0.05, 0) is 19.8 Å². The maximum Gasteiger partial charge on any atom is 0.219 e. The van der Waals surface area contributed by atoms with Crippen molar-refractivity contribution in [2.24, 2.45) is 0 Å². The largest absolute Gasteiger partial charge is 0.381 e. The van der Waals surface area contributed by atoms with Gasteiger partial charge in [-0.25, -0.2) is 0 Å². The molecule has 4 nitrogen and oxygen atoms in total. The van der Waals surface area contributed by atoms with Crippen LogP contribution in [0, 0.1) is 0 Å². The molecule has 0 rings (SSSR count). The molecule has 0 fully saturated rings. The minimum absolute atomic E-state index is 0.0392. The van der Waals surface area contributed by atoms with Gasteiger partial charge < -0.3 is 14.8 Å². The number of ether oxygens (including phenoxy) is 1. The summed E-state index contributed by atoms with van der Waals surface area (Å²) in [5, 5.41) is 2.54. The number of hydrogen-bond acceptors (Lipinski definition) is 3. The second kappa shape index (κ2) is 8.69. The fourth-order valence-corrected chi connectivity index (χ4v) is 0.985. The Kier molecular flexibility index (Phi) is 8.13. The van der Waals surface area contributed by atoms with Crippen LogP contribution in [0.25, 0.3) is 0 Å². The zero-order chi connectivity index (χ0) is 10.8. The molecule has 1 N–H and O–H groups in total. The Morgan fingerprint density at radius 2 is 1.71 bits per heavy atom. The summed E-state index contributed by atoms with van der Waals surface area (Å²) in [6.45, 7) is 2.77. The molecule has 0 unspecified atom stereocenters. The molecule has 0 aliphatic heterocycles. The van der Waals surface area contributed by atoms with E-state index in [9.17, 15) is 9.59 Å². The molecular weight excluding hydrogens is 182 g/mol. The molecule has 0 atom stereocenters. The molecule has 0 radical (unpaired) electrons. The van der Waals surface area contributed by atoms with Gasteiger partial charge in [-0.2, -0.15) is 0 Å². The quantitative estimate of drug-likeness (QED) is 0.593. The van der Waals surface area contributed by atoms with Gasteiger partial charge in [-0.15, -0.1) is 0 Å². The van der Waals surface area contributed by atoms with Gasteiger partial charge in [-0.1, -0.05) is 0 Å². The molecule has 0 heterocycles. The highest BCUT2D eigenvalue weighted by Gasteiger charge is 1.97. The molecule has 0 aromatic carbocycles. The summed E-state index contributed by atoms with van der Waals surface area (Å²) in [6.07, 6.45) is 2.59. The van der Waals surface area contributed by atoms with E-state index >= 15 is 0 Å². The first-order valence-corrected chi connectivity index (χ1v) is 4.94. The van der Waals surface area contributed by atoms with Crippen molar-refractivity contribution in [3.8, 4) is 0 Å². The van der Waals surface area contributed by atoms with Crippen LogP contribution >= 0.6 is 0 Å². The van der Waals surface area contributed by atoms with Crippen molar-refractivity contribution >= 4 is 11.7 Å². The van der Waals surface area contributed by atoms with Crippen molar-refractivity contribution in [2.45, 2.75) is 32.6 Å². The molecule has 0 aliphatic rings. The molecule has 0 bridgehead atoms. The summed E-state index contributed by atoms with van der Waals surface area (Å²) in [6, 6.07) is 0. The van der Waals surface area contributed by atoms with Gasteiger partial charge in [0.25, 0.3) is 0 Å². The van der Waals surface area contributed by atoms with E-state index in [4.69, 9.17) is 4.74 Å². The first-order chi connectivity index (χ1) is 6.66. The van der Waals surface area contributed by atoms with E-state index in [1.807, 2.05) is 0 Å². The first-order valence-electron chi connectivity index (χ1n) is 4.94. The highest BCUT2D eigenvalue weighted by molar-refractivity contribution is 5.75. The first kappa shape index (κ1) is 13.1. The van der Waals surface area contributed by atoms with Crippen LogP contribution in [-0.4, -0.2) is 32.0 Å². The lowest BCUT2D eigenvalue weighted by Crippen LogP contribution is -2.17. The van der Waals surface area contributed by atoms with Crippen LogP contribution in [0.1, 0.15) is 32.6 Å². The second-order valence-electron chi connectivity index (χ2n) is 3.19. The number of amides is 1. The highest BCUT2D eigenvalue weighted by atomic mass is 16.5. The van der Waals surface area contributed by atoms with E-state index in [1.165, 1.54) is 0 Å². The van der Waals surface area contributed by atoms with E-state index < -0.39 is 0 Å². The Labute approximate surface area is 85.0 Å². The number of ketones is 1. The van der Waals surface area contributed by atoms with Crippen LogP contribution in [0.3, 0.4) is 0 Å². The topological polar surface area (TPSA) is 55.4 Å². The Morgan fingerprint density at radius 1 is 1.14 bits per heavy atom. The summed E-state index contributed by atoms with van der Waals surface area (Å²) in [5.74, 6) is 0.233. The van der Waals surface area contributed by atoms with Crippen LogP contribution in [0.5, 0.6) is 0 Å². The third kappa shape index (κ3) is 9.19. The van der Waals surface area contributed by atoms with Gasteiger partial charge in [0.15, 0.2) is 0 Å².